The smallest absolute Gasteiger partial charge is 0.261 e. The second-order valence-corrected chi connectivity index (χ2v) is 3.41. The Morgan fingerprint density at radius 3 is 3.06 bits per heavy atom. The Labute approximate surface area is 102 Å². The van der Waals surface area contributed by atoms with Crippen molar-refractivity contribution in [1.29, 1.82) is 0 Å². The third-order valence-electron chi connectivity index (χ3n) is 2.07. The lowest BCUT2D eigenvalue weighted by Crippen LogP contribution is -2.23. The Kier molecular flexibility index (Phi) is 3.75. The van der Waals surface area contributed by atoms with Gasteiger partial charge in [-0.1, -0.05) is 18.2 Å². The number of rotatable bonds is 4. The normalized spacial score (nSPS) is 10.7. The number of carbonyl (C=O) groups excluding carboxylic acids is 1. The summed E-state index contributed by atoms with van der Waals surface area (Å²) in [6.45, 7) is 0.00854. The SMILES string of the molecule is O=C(Cn1cncn1)N/N=C/c1ccccc1F. The Bertz CT molecular complexity index is 552. The standard InChI is InChI=1S/C11H10FN5O/c12-10-4-2-1-3-9(10)5-14-16-11(18)6-17-8-13-7-15-17/h1-5,7-8H,6H2,(H,16,18)/b14-5+. The van der Waals surface area contributed by atoms with E-state index in [1.807, 2.05) is 0 Å². The lowest BCUT2D eigenvalue weighted by atomic mass is 10.2. The van der Waals surface area contributed by atoms with Gasteiger partial charge in [0.25, 0.3) is 5.91 Å². The maximum Gasteiger partial charge on any atom is 0.261 e. The van der Waals surface area contributed by atoms with Crippen LogP contribution in [-0.2, 0) is 11.3 Å². The average molecular weight is 247 g/mol. The van der Waals surface area contributed by atoms with E-state index in [2.05, 4.69) is 20.6 Å². The highest BCUT2D eigenvalue weighted by molar-refractivity contribution is 5.82. The van der Waals surface area contributed by atoms with Crippen molar-refractivity contribution < 1.29 is 9.18 Å². The van der Waals surface area contributed by atoms with Gasteiger partial charge in [-0.15, -0.1) is 0 Å². The zero-order chi connectivity index (χ0) is 12.8. The van der Waals surface area contributed by atoms with Gasteiger partial charge in [-0.05, 0) is 6.07 Å². The maximum atomic E-state index is 13.2. The highest BCUT2D eigenvalue weighted by atomic mass is 19.1. The van der Waals surface area contributed by atoms with Gasteiger partial charge in [-0.25, -0.2) is 19.5 Å². The molecule has 18 heavy (non-hydrogen) atoms. The molecule has 0 aliphatic carbocycles. The molecule has 92 valence electrons. The number of halogens is 1. The number of benzene rings is 1. The van der Waals surface area contributed by atoms with Crippen molar-refractivity contribution in [2.75, 3.05) is 0 Å². The van der Waals surface area contributed by atoms with Crippen LogP contribution in [0.2, 0.25) is 0 Å². The van der Waals surface area contributed by atoms with E-state index in [1.165, 1.54) is 29.6 Å². The molecule has 0 aliphatic rings. The number of hydrazone groups is 1. The molecule has 7 heteroatoms. The molecule has 1 aromatic carbocycles. The molecule has 1 amide bonds. The van der Waals surface area contributed by atoms with Crippen molar-refractivity contribution >= 4 is 12.1 Å². The van der Waals surface area contributed by atoms with Crippen LogP contribution in [0.25, 0.3) is 0 Å². The third-order valence-corrected chi connectivity index (χ3v) is 2.07. The lowest BCUT2D eigenvalue weighted by molar-refractivity contribution is -0.121. The van der Waals surface area contributed by atoms with E-state index in [-0.39, 0.29) is 12.5 Å². The summed E-state index contributed by atoms with van der Waals surface area (Å²) in [7, 11) is 0. The van der Waals surface area contributed by atoms with E-state index in [0.29, 0.717) is 5.56 Å². The fraction of sp³-hybridized carbons (Fsp3) is 0.0909. The van der Waals surface area contributed by atoms with Crippen LogP contribution in [0, 0.1) is 5.82 Å². The van der Waals surface area contributed by atoms with Crippen LogP contribution < -0.4 is 5.43 Å². The lowest BCUT2D eigenvalue weighted by Gasteiger charge is -1.99. The number of hydrogen-bond acceptors (Lipinski definition) is 4. The highest BCUT2D eigenvalue weighted by Gasteiger charge is 2.01. The first-order valence-electron chi connectivity index (χ1n) is 5.14. The minimum Gasteiger partial charge on any atom is -0.271 e. The summed E-state index contributed by atoms with van der Waals surface area (Å²) in [4.78, 5) is 15.1. The molecule has 0 aliphatic heterocycles. The predicted molar refractivity (Wildman–Crippen MR) is 62.2 cm³/mol. The van der Waals surface area contributed by atoms with Crippen LogP contribution >= 0.6 is 0 Å². The molecule has 0 radical (unpaired) electrons. The van der Waals surface area contributed by atoms with E-state index in [1.54, 1.807) is 18.2 Å². The number of amides is 1. The van der Waals surface area contributed by atoms with Crippen molar-refractivity contribution in [1.82, 2.24) is 20.2 Å². The summed E-state index contributed by atoms with van der Waals surface area (Å²) in [5.41, 5.74) is 2.58. The second kappa shape index (κ2) is 5.67. The van der Waals surface area contributed by atoms with Crippen LogP contribution in [0.1, 0.15) is 5.56 Å². The van der Waals surface area contributed by atoms with Gasteiger partial charge in [0.2, 0.25) is 0 Å². The number of nitrogens with zero attached hydrogens (tertiary/aromatic N) is 4. The van der Waals surface area contributed by atoms with Crippen molar-refractivity contribution in [2.45, 2.75) is 6.54 Å². The van der Waals surface area contributed by atoms with E-state index < -0.39 is 5.82 Å². The molecule has 2 rings (SSSR count). The van der Waals surface area contributed by atoms with Crippen molar-refractivity contribution in [3.05, 3.63) is 48.3 Å². The van der Waals surface area contributed by atoms with Crippen molar-refractivity contribution in [3.63, 3.8) is 0 Å². The van der Waals surface area contributed by atoms with E-state index in [4.69, 9.17) is 0 Å². The largest absolute Gasteiger partial charge is 0.271 e. The van der Waals surface area contributed by atoms with E-state index >= 15 is 0 Å². The summed E-state index contributed by atoms with van der Waals surface area (Å²) < 4.78 is 14.5. The molecule has 0 unspecified atom stereocenters. The molecule has 0 atom stereocenters. The van der Waals surface area contributed by atoms with Gasteiger partial charge < -0.3 is 0 Å². The molecule has 0 spiro atoms. The van der Waals surface area contributed by atoms with Crippen LogP contribution in [-0.4, -0.2) is 26.9 Å². The zero-order valence-electron chi connectivity index (χ0n) is 9.32. The first-order valence-corrected chi connectivity index (χ1v) is 5.14. The highest BCUT2D eigenvalue weighted by Crippen LogP contribution is 2.02. The first-order chi connectivity index (χ1) is 8.75. The Morgan fingerprint density at radius 1 is 1.50 bits per heavy atom. The average Bonchev–Trinajstić information content (AvgIpc) is 2.84. The molecule has 0 saturated carbocycles. The molecular weight excluding hydrogens is 237 g/mol. The van der Waals surface area contributed by atoms with Crippen LogP contribution in [0.5, 0.6) is 0 Å². The topological polar surface area (TPSA) is 72.2 Å². The minimum absolute atomic E-state index is 0.00854. The summed E-state index contributed by atoms with van der Waals surface area (Å²) in [5.74, 6) is -0.764. The summed E-state index contributed by atoms with van der Waals surface area (Å²) >= 11 is 0. The molecule has 6 nitrogen and oxygen atoms in total. The third kappa shape index (κ3) is 3.21. The zero-order valence-corrected chi connectivity index (χ0v) is 9.32. The second-order valence-electron chi connectivity index (χ2n) is 3.41. The van der Waals surface area contributed by atoms with Crippen molar-refractivity contribution in [2.24, 2.45) is 5.10 Å². The number of hydrogen-bond donors (Lipinski definition) is 1. The summed E-state index contributed by atoms with van der Waals surface area (Å²) in [6.07, 6.45) is 3.99. The number of carbonyl (C=O) groups is 1. The molecular formula is C11H10FN5O. The van der Waals surface area contributed by atoms with Gasteiger partial charge in [0.05, 0.1) is 6.21 Å². The number of nitrogens with one attached hydrogen (secondary N) is 1. The Hall–Kier alpha value is -2.57. The fourth-order valence-electron chi connectivity index (χ4n) is 1.25. The Balaban J connectivity index is 1.88. The molecule has 2 aromatic rings. The Morgan fingerprint density at radius 2 is 2.33 bits per heavy atom. The monoisotopic (exact) mass is 247 g/mol. The van der Waals surface area contributed by atoms with E-state index in [9.17, 15) is 9.18 Å². The van der Waals surface area contributed by atoms with Crippen LogP contribution in [0.4, 0.5) is 4.39 Å². The maximum absolute atomic E-state index is 13.2. The predicted octanol–water partition coefficient (Wildman–Crippen LogP) is 0.567. The molecule has 1 aromatic heterocycles. The minimum atomic E-state index is -0.397. The molecule has 0 saturated heterocycles. The van der Waals surface area contributed by atoms with Gasteiger partial charge in [0, 0.05) is 5.56 Å². The first kappa shape index (κ1) is 11.9. The van der Waals surface area contributed by atoms with Gasteiger partial charge >= 0.3 is 0 Å². The molecule has 1 N–H and O–H groups in total. The summed E-state index contributed by atoms with van der Waals surface area (Å²) in [5, 5.41) is 7.43. The van der Waals surface area contributed by atoms with Gasteiger partial charge in [0.1, 0.15) is 25.0 Å². The van der Waals surface area contributed by atoms with Gasteiger partial charge in [-0.2, -0.15) is 10.2 Å². The quantitative estimate of drug-likeness (QED) is 0.634. The van der Waals surface area contributed by atoms with Crippen LogP contribution in [0.3, 0.4) is 0 Å². The summed E-state index contributed by atoms with van der Waals surface area (Å²) in [6, 6.07) is 6.14. The molecule has 0 bridgehead atoms. The van der Waals surface area contributed by atoms with Gasteiger partial charge in [-0.3, -0.25) is 4.79 Å². The number of aromatic nitrogens is 3. The van der Waals surface area contributed by atoms with E-state index in [0.717, 1.165) is 0 Å². The van der Waals surface area contributed by atoms with Crippen molar-refractivity contribution in [3.8, 4) is 0 Å². The molecule has 0 fully saturated rings. The van der Waals surface area contributed by atoms with Crippen LogP contribution in [0.15, 0.2) is 42.0 Å². The molecule has 1 heterocycles. The van der Waals surface area contributed by atoms with Gasteiger partial charge in [0.15, 0.2) is 0 Å². The fourth-order valence-corrected chi connectivity index (χ4v) is 1.25.